The van der Waals surface area contributed by atoms with Crippen molar-refractivity contribution in [2.24, 2.45) is 17.8 Å². The van der Waals surface area contributed by atoms with Crippen molar-refractivity contribution in [2.45, 2.75) is 28.5 Å². The zero-order chi connectivity index (χ0) is 37.8. The molecule has 4 aliphatic rings. The molecule has 3 fully saturated rings. The van der Waals surface area contributed by atoms with Gasteiger partial charge < -0.3 is 14.3 Å². The number of carbonyl (C=O) groups excluding carboxylic acids is 4. The van der Waals surface area contributed by atoms with Crippen molar-refractivity contribution in [3.05, 3.63) is 112 Å². The van der Waals surface area contributed by atoms with Crippen molar-refractivity contribution < 1.29 is 37.8 Å². The Morgan fingerprint density at radius 1 is 0.907 bits per heavy atom. The van der Waals surface area contributed by atoms with Crippen molar-refractivity contribution in [1.29, 1.82) is 0 Å². The normalized spacial score (nSPS) is 27.6. The van der Waals surface area contributed by atoms with E-state index in [9.17, 15) is 28.7 Å². The summed E-state index contributed by atoms with van der Waals surface area (Å²) in [6.07, 6.45) is 1.75. The summed E-state index contributed by atoms with van der Waals surface area (Å²) in [6, 6.07) is 22.1. The molecule has 0 unspecified atom stereocenters. The van der Waals surface area contributed by atoms with Gasteiger partial charge in [-0.1, -0.05) is 23.8 Å². The number of oxazole rings is 1. The molecule has 0 radical (unpaired) electrons. The van der Waals surface area contributed by atoms with E-state index in [0.717, 1.165) is 17.0 Å². The van der Waals surface area contributed by atoms with E-state index in [1.54, 1.807) is 30.3 Å². The van der Waals surface area contributed by atoms with Gasteiger partial charge in [-0.05, 0) is 120 Å². The Hall–Kier alpha value is -4.79. The fraction of sp³-hybridized carbons (Fsp3) is 0.225. The van der Waals surface area contributed by atoms with E-state index in [4.69, 9.17) is 32.4 Å². The highest BCUT2D eigenvalue weighted by molar-refractivity contribution is 14.1. The van der Waals surface area contributed by atoms with Gasteiger partial charge in [0.1, 0.15) is 11.3 Å². The van der Waals surface area contributed by atoms with Crippen LogP contribution in [-0.2, 0) is 19.2 Å². The number of carbonyl (C=O) groups is 4. The lowest BCUT2D eigenvalue weighted by Crippen LogP contribution is -2.60. The molecular weight excluding hydrogens is 851 g/mol. The highest BCUT2D eigenvalue weighted by Crippen LogP contribution is 2.66. The number of ether oxygens (including phenoxy) is 1. The molecule has 1 saturated carbocycles. The molecule has 1 aromatic heterocycles. The molecule has 3 heterocycles. The molecule has 2 aliphatic heterocycles. The zero-order valence-electron chi connectivity index (χ0n) is 28.1. The van der Waals surface area contributed by atoms with Crippen LogP contribution in [0.15, 0.2) is 101 Å². The lowest BCUT2D eigenvalue weighted by atomic mass is 9.56. The fourth-order valence-corrected chi connectivity index (χ4v) is 10.3. The van der Waals surface area contributed by atoms with Crippen LogP contribution in [-0.4, -0.2) is 50.6 Å². The summed E-state index contributed by atoms with van der Waals surface area (Å²) in [4.78, 5) is 60.2. The number of alkyl halides is 2. The molecule has 14 heteroatoms. The number of aromatic nitrogens is 1. The average Bonchev–Trinajstić information content (AvgIpc) is 3.76. The lowest BCUT2D eigenvalue weighted by Gasteiger charge is -2.50. The van der Waals surface area contributed by atoms with E-state index in [1.165, 1.54) is 30.2 Å². The van der Waals surface area contributed by atoms with Gasteiger partial charge in [-0.15, -0.1) is 23.2 Å². The van der Waals surface area contributed by atoms with Crippen molar-refractivity contribution in [3.8, 4) is 23.0 Å². The SMILES string of the molecule is COc1cc([C@H]2C3=CC[C@@H]4C(=O)N(c5ccc(-c6nc7ccccc7o6)cc5)C(=O)[C@@H]4[C@@H]3C[C@@]3(Cl)C(=O)N(c4ccc(F)cc4)C(=O)[C@@]23Cl)cc(I)c1O. The fourth-order valence-electron chi connectivity index (χ4n) is 8.69. The number of benzene rings is 4. The van der Waals surface area contributed by atoms with E-state index < -0.39 is 62.9 Å². The van der Waals surface area contributed by atoms with Gasteiger partial charge in [0.2, 0.25) is 17.7 Å². The smallest absolute Gasteiger partial charge is 0.258 e. The first-order chi connectivity index (χ1) is 25.9. The molecule has 10 nitrogen and oxygen atoms in total. The van der Waals surface area contributed by atoms with Gasteiger partial charge in [-0.2, -0.15) is 0 Å². The minimum absolute atomic E-state index is 0.0758. The number of rotatable bonds is 5. The minimum Gasteiger partial charge on any atom is -0.504 e. The van der Waals surface area contributed by atoms with Crippen molar-refractivity contribution >= 4 is 91.9 Å². The summed E-state index contributed by atoms with van der Waals surface area (Å²) in [6.45, 7) is 0. The molecule has 272 valence electrons. The molecule has 0 spiro atoms. The van der Waals surface area contributed by atoms with Crippen LogP contribution in [0.3, 0.4) is 0 Å². The molecule has 2 aliphatic carbocycles. The number of anilines is 2. The number of halogens is 4. The van der Waals surface area contributed by atoms with Crippen molar-refractivity contribution in [1.82, 2.24) is 4.98 Å². The predicted octanol–water partition coefficient (Wildman–Crippen LogP) is 7.72. The van der Waals surface area contributed by atoms with Gasteiger partial charge >= 0.3 is 0 Å². The quantitative estimate of drug-likeness (QED) is 0.0823. The minimum atomic E-state index is -2.13. The molecule has 2 saturated heterocycles. The predicted molar refractivity (Wildman–Crippen MR) is 206 cm³/mol. The maximum Gasteiger partial charge on any atom is 0.258 e. The van der Waals surface area contributed by atoms with Crippen LogP contribution in [0.5, 0.6) is 11.5 Å². The van der Waals surface area contributed by atoms with E-state index in [-0.39, 0.29) is 30.0 Å². The van der Waals surface area contributed by atoms with Crippen LogP contribution in [0.1, 0.15) is 24.3 Å². The highest BCUT2D eigenvalue weighted by atomic mass is 127. The van der Waals surface area contributed by atoms with E-state index in [0.29, 0.717) is 42.9 Å². The number of fused-ring (bicyclic) bond motifs is 5. The van der Waals surface area contributed by atoms with Gasteiger partial charge in [-0.25, -0.2) is 14.3 Å². The van der Waals surface area contributed by atoms with Gasteiger partial charge in [0.05, 0.1) is 33.9 Å². The summed E-state index contributed by atoms with van der Waals surface area (Å²) in [5.74, 6) is -6.35. The average molecular weight is 878 g/mol. The number of para-hydroxylation sites is 2. The zero-order valence-corrected chi connectivity index (χ0v) is 31.8. The Balaban J connectivity index is 1.13. The summed E-state index contributed by atoms with van der Waals surface area (Å²) in [7, 11) is 1.38. The number of phenolic OH excluding ortho intramolecular Hbond substituents is 1. The van der Waals surface area contributed by atoms with Gasteiger partial charge in [0, 0.05) is 11.5 Å². The number of phenols is 1. The first-order valence-electron chi connectivity index (χ1n) is 17.0. The number of amides is 4. The Morgan fingerprint density at radius 2 is 1.59 bits per heavy atom. The number of hydrogen-bond acceptors (Lipinski definition) is 8. The van der Waals surface area contributed by atoms with E-state index >= 15 is 0 Å². The third-order valence-corrected chi connectivity index (χ3v) is 13.4. The lowest BCUT2D eigenvalue weighted by molar-refractivity contribution is -0.125. The highest BCUT2D eigenvalue weighted by Gasteiger charge is 2.76. The number of aromatic hydroxyl groups is 1. The Bertz CT molecular complexity index is 2460. The maximum atomic E-state index is 14.6. The first kappa shape index (κ1) is 34.9. The number of methoxy groups -OCH3 is 1. The monoisotopic (exact) mass is 877 g/mol. The number of hydrogen-bond donors (Lipinski definition) is 1. The third kappa shape index (κ3) is 4.78. The largest absolute Gasteiger partial charge is 0.504 e. The topological polar surface area (TPSA) is 130 Å². The molecular formula is C40H27Cl2FIN3O7. The second-order valence-corrected chi connectivity index (χ2v) is 16.3. The van der Waals surface area contributed by atoms with Crippen LogP contribution in [0.2, 0.25) is 0 Å². The van der Waals surface area contributed by atoms with Gasteiger partial charge in [0.15, 0.2) is 26.8 Å². The molecule has 9 rings (SSSR count). The van der Waals surface area contributed by atoms with Gasteiger partial charge in [-0.3, -0.25) is 24.1 Å². The molecule has 6 atom stereocenters. The molecule has 1 N–H and O–H groups in total. The summed E-state index contributed by atoms with van der Waals surface area (Å²) in [5, 5.41) is 10.7. The van der Waals surface area contributed by atoms with Crippen LogP contribution in [0.25, 0.3) is 22.6 Å². The summed E-state index contributed by atoms with van der Waals surface area (Å²) < 4.78 is 25.7. The van der Waals surface area contributed by atoms with Gasteiger partial charge in [0.25, 0.3) is 11.8 Å². The number of imide groups is 2. The molecule has 4 amide bonds. The molecule has 0 bridgehead atoms. The maximum absolute atomic E-state index is 14.6. The van der Waals surface area contributed by atoms with Crippen LogP contribution >= 0.6 is 45.8 Å². The second kappa shape index (κ2) is 12.4. The van der Waals surface area contributed by atoms with Crippen LogP contribution in [0.4, 0.5) is 15.8 Å². The molecule has 54 heavy (non-hydrogen) atoms. The van der Waals surface area contributed by atoms with Crippen LogP contribution < -0.4 is 14.5 Å². The Labute approximate surface area is 330 Å². The number of allylic oxidation sites excluding steroid dienone is 2. The van der Waals surface area contributed by atoms with E-state index in [1.807, 2.05) is 52.9 Å². The van der Waals surface area contributed by atoms with Crippen molar-refractivity contribution in [2.75, 3.05) is 16.9 Å². The number of nitrogens with zero attached hydrogens (tertiary/aromatic N) is 3. The second-order valence-electron chi connectivity index (χ2n) is 13.8. The standard InChI is InChI=1S/C40H27Cl2FIN3O7/c1-53-30-17-20(16-27(44)33(30)48)32-24-14-15-25-31(26(24)18-39(41)37(51)47(38(52)40(32,39)42)23-12-8-21(43)9-13-23)36(50)46(35(25)49)22-10-6-19(7-11-22)34-45-28-4-2-3-5-29(28)54-34/h2-14,16-17,25-26,31-32,48H,15,18H2,1H3/t25-,26+,31-,32-,39+,40-/m0/s1. The summed E-state index contributed by atoms with van der Waals surface area (Å²) in [5.41, 5.74) is 3.39. The summed E-state index contributed by atoms with van der Waals surface area (Å²) >= 11 is 16.9. The first-order valence-corrected chi connectivity index (χ1v) is 18.8. The van der Waals surface area contributed by atoms with E-state index in [2.05, 4.69) is 4.98 Å². The van der Waals surface area contributed by atoms with Crippen molar-refractivity contribution in [3.63, 3.8) is 0 Å². The third-order valence-electron chi connectivity index (χ3n) is 11.2. The van der Waals surface area contributed by atoms with Crippen LogP contribution in [0, 0.1) is 27.1 Å². The Kier molecular flexibility index (Phi) is 8.00. The Morgan fingerprint density at radius 3 is 2.30 bits per heavy atom. The molecule has 4 aromatic carbocycles. The molecule has 5 aromatic rings.